The Morgan fingerprint density at radius 1 is 1.60 bits per heavy atom. The van der Waals surface area contributed by atoms with Crippen molar-refractivity contribution >= 4 is 32.5 Å². The summed E-state index contributed by atoms with van der Waals surface area (Å²) < 4.78 is 27.2. The Morgan fingerprint density at radius 2 is 2.20 bits per heavy atom. The maximum absolute atomic E-state index is 11.5. The summed E-state index contributed by atoms with van der Waals surface area (Å²) in [5, 5.41) is 0.119. The third kappa shape index (κ3) is 2.88. The van der Waals surface area contributed by atoms with E-state index in [0.29, 0.717) is 0 Å². The van der Waals surface area contributed by atoms with Crippen molar-refractivity contribution in [2.75, 3.05) is 12.3 Å². The summed E-state index contributed by atoms with van der Waals surface area (Å²) in [5.41, 5.74) is 10.3. The fourth-order valence-electron chi connectivity index (χ4n) is 0.824. The zero-order valence-electron chi connectivity index (χ0n) is 7.76. The van der Waals surface area contributed by atoms with Gasteiger partial charge in [0.25, 0.3) is 0 Å². The number of aromatic nitrogens is 1. The first-order chi connectivity index (χ1) is 6.83. The fourth-order valence-corrected chi connectivity index (χ4v) is 2.98. The first-order valence-electron chi connectivity index (χ1n) is 3.73. The van der Waals surface area contributed by atoms with Crippen LogP contribution in [0, 0.1) is 6.92 Å². The Balaban J connectivity index is 2.96. The van der Waals surface area contributed by atoms with Crippen LogP contribution in [0.5, 0.6) is 0 Å². The third-order valence-corrected chi connectivity index (χ3v) is 4.18. The first kappa shape index (κ1) is 11.9. The molecule has 0 unspecified atom stereocenters. The van der Waals surface area contributed by atoms with Gasteiger partial charge in [0, 0.05) is 0 Å². The van der Waals surface area contributed by atoms with E-state index in [1.165, 1.54) is 6.92 Å². The van der Waals surface area contributed by atoms with Crippen LogP contribution in [0.3, 0.4) is 0 Å². The van der Waals surface area contributed by atoms with E-state index in [-0.39, 0.29) is 15.0 Å². The molecule has 0 saturated heterocycles. The highest BCUT2D eigenvalue weighted by atomic mass is 32.3. The van der Waals surface area contributed by atoms with Gasteiger partial charge in [-0.25, -0.2) is 4.98 Å². The smallest absolute Gasteiger partial charge is 0.309 e. The highest BCUT2D eigenvalue weighted by Crippen LogP contribution is 2.26. The van der Waals surface area contributed by atoms with Crippen LogP contribution in [-0.2, 0) is 19.1 Å². The Labute approximate surface area is 90.2 Å². The maximum Gasteiger partial charge on any atom is 0.309 e. The SMILES string of the molecule is Cc1nc(N)sc1S(=O)(=O)OCC(N)=O. The molecule has 0 spiro atoms. The summed E-state index contributed by atoms with van der Waals surface area (Å²) in [6.45, 7) is 0.785. The molecule has 1 amide bonds. The second kappa shape index (κ2) is 4.13. The van der Waals surface area contributed by atoms with Crippen LogP contribution in [0.25, 0.3) is 0 Å². The summed E-state index contributed by atoms with van der Waals surface area (Å²) >= 11 is 0.775. The van der Waals surface area contributed by atoms with E-state index in [0.717, 1.165) is 11.3 Å². The highest BCUT2D eigenvalue weighted by molar-refractivity contribution is 7.89. The van der Waals surface area contributed by atoms with Crippen molar-refractivity contribution in [1.82, 2.24) is 4.98 Å². The number of anilines is 1. The zero-order chi connectivity index (χ0) is 11.6. The predicted molar refractivity (Wildman–Crippen MR) is 53.6 cm³/mol. The Kier molecular flexibility index (Phi) is 3.27. The van der Waals surface area contributed by atoms with Gasteiger partial charge in [0.05, 0.1) is 5.69 Å². The molecule has 0 saturated carbocycles. The summed E-state index contributed by atoms with van der Waals surface area (Å²) in [6.07, 6.45) is 0. The highest BCUT2D eigenvalue weighted by Gasteiger charge is 2.22. The maximum atomic E-state index is 11.5. The Hall–Kier alpha value is -1.19. The van der Waals surface area contributed by atoms with Crippen molar-refractivity contribution in [1.29, 1.82) is 0 Å². The minimum absolute atomic E-state index is 0.110. The second-order valence-electron chi connectivity index (χ2n) is 2.61. The molecule has 9 heteroatoms. The largest absolute Gasteiger partial charge is 0.375 e. The monoisotopic (exact) mass is 251 g/mol. The number of hydrogen-bond donors (Lipinski definition) is 2. The lowest BCUT2D eigenvalue weighted by Gasteiger charge is -2.00. The molecule has 0 atom stereocenters. The molecule has 0 radical (unpaired) electrons. The van der Waals surface area contributed by atoms with E-state index >= 15 is 0 Å². The quantitative estimate of drug-likeness (QED) is 0.676. The van der Waals surface area contributed by atoms with Crippen molar-refractivity contribution in [2.24, 2.45) is 5.73 Å². The molecule has 0 aliphatic rings. The van der Waals surface area contributed by atoms with Gasteiger partial charge in [0.1, 0.15) is 6.61 Å². The van der Waals surface area contributed by atoms with E-state index in [1.54, 1.807) is 0 Å². The van der Waals surface area contributed by atoms with Gasteiger partial charge in [0.2, 0.25) is 5.91 Å². The van der Waals surface area contributed by atoms with Crippen LogP contribution in [-0.4, -0.2) is 25.9 Å². The topological polar surface area (TPSA) is 125 Å². The predicted octanol–water partition coefficient (Wildman–Crippen LogP) is -0.776. The van der Waals surface area contributed by atoms with Crippen LogP contribution in [0.15, 0.2) is 4.21 Å². The lowest BCUT2D eigenvalue weighted by atomic mass is 10.6. The van der Waals surface area contributed by atoms with Crippen molar-refractivity contribution in [3.05, 3.63) is 5.69 Å². The average molecular weight is 251 g/mol. The van der Waals surface area contributed by atoms with Gasteiger partial charge in [-0.05, 0) is 6.92 Å². The standard InChI is InChI=1S/C6H9N3O4S2/c1-3-5(14-6(8)9-3)15(11,12)13-2-4(7)10/h2H2,1H3,(H2,7,10)(H2,8,9). The van der Waals surface area contributed by atoms with E-state index in [2.05, 4.69) is 9.17 Å². The molecule has 7 nitrogen and oxygen atoms in total. The van der Waals surface area contributed by atoms with Gasteiger partial charge >= 0.3 is 10.1 Å². The number of nitrogens with two attached hydrogens (primary N) is 2. The number of hydrogen-bond acceptors (Lipinski definition) is 7. The summed E-state index contributed by atoms with van der Waals surface area (Å²) in [6, 6.07) is 0. The number of thiazole rings is 1. The first-order valence-corrected chi connectivity index (χ1v) is 5.96. The van der Waals surface area contributed by atoms with Gasteiger partial charge < -0.3 is 11.5 Å². The number of nitrogens with zero attached hydrogens (tertiary/aromatic N) is 1. The van der Waals surface area contributed by atoms with Crippen LogP contribution in [0.2, 0.25) is 0 Å². The van der Waals surface area contributed by atoms with Crippen LogP contribution < -0.4 is 11.5 Å². The van der Waals surface area contributed by atoms with Gasteiger partial charge in [-0.1, -0.05) is 11.3 Å². The molecule has 0 aliphatic heterocycles. The zero-order valence-corrected chi connectivity index (χ0v) is 9.39. The summed E-state index contributed by atoms with van der Waals surface area (Å²) in [7, 11) is -3.99. The molecule has 4 N–H and O–H groups in total. The summed E-state index contributed by atoms with van der Waals surface area (Å²) in [5.74, 6) is -0.867. The number of carbonyl (C=O) groups excluding carboxylic acids is 1. The molecule has 1 heterocycles. The van der Waals surface area contributed by atoms with E-state index in [1.807, 2.05) is 0 Å². The van der Waals surface area contributed by atoms with Crippen LogP contribution in [0.4, 0.5) is 5.13 Å². The molecule has 0 aliphatic carbocycles. The van der Waals surface area contributed by atoms with Gasteiger partial charge in [-0.2, -0.15) is 8.42 Å². The minimum Gasteiger partial charge on any atom is -0.375 e. The molecule has 0 fully saturated rings. The van der Waals surface area contributed by atoms with Crippen LogP contribution in [0.1, 0.15) is 5.69 Å². The number of carbonyl (C=O) groups is 1. The molecule has 84 valence electrons. The molecule has 1 aromatic rings. The lowest BCUT2D eigenvalue weighted by Crippen LogP contribution is -2.21. The van der Waals surface area contributed by atoms with E-state index in [9.17, 15) is 13.2 Å². The molecule has 0 aromatic carbocycles. The van der Waals surface area contributed by atoms with Crippen molar-refractivity contribution in [2.45, 2.75) is 11.1 Å². The van der Waals surface area contributed by atoms with Gasteiger partial charge in [-0.15, -0.1) is 0 Å². The number of primary amides is 1. The van der Waals surface area contributed by atoms with Crippen molar-refractivity contribution in [3.63, 3.8) is 0 Å². The van der Waals surface area contributed by atoms with E-state index in [4.69, 9.17) is 11.5 Å². The minimum atomic E-state index is -3.99. The molecular weight excluding hydrogens is 242 g/mol. The molecule has 1 aromatic heterocycles. The average Bonchev–Trinajstić information content (AvgIpc) is 2.43. The van der Waals surface area contributed by atoms with Crippen molar-refractivity contribution < 1.29 is 17.4 Å². The van der Waals surface area contributed by atoms with Gasteiger partial charge in [-0.3, -0.25) is 8.98 Å². The third-order valence-electron chi connectivity index (χ3n) is 1.35. The Bertz CT molecular complexity index is 479. The van der Waals surface area contributed by atoms with E-state index < -0.39 is 22.6 Å². The number of nitrogen functional groups attached to an aromatic ring is 1. The normalized spacial score (nSPS) is 11.5. The van der Waals surface area contributed by atoms with Crippen molar-refractivity contribution in [3.8, 4) is 0 Å². The number of aryl methyl sites for hydroxylation is 1. The number of rotatable bonds is 4. The lowest BCUT2D eigenvalue weighted by molar-refractivity contribution is -0.119. The molecule has 15 heavy (non-hydrogen) atoms. The Morgan fingerprint density at radius 3 is 2.60 bits per heavy atom. The molecule has 1 rings (SSSR count). The second-order valence-corrected chi connectivity index (χ2v) is 5.45. The van der Waals surface area contributed by atoms with Gasteiger partial charge in [0.15, 0.2) is 9.34 Å². The van der Waals surface area contributed by atoms with Crippen LogP contribution >= 0.6 is 11.3 Å². The molecule has 0 bridgehead atoms. The number of amides is 1. The summed E-state index contributed by atoms with van der Waals surface area (Å²) in [4.78, 5) is 14.1. The fraction of sp³-hybridized carbons (Fsp3) is 0.333. The molecular formula is C6H9N3O4S2.